The van der Waals surface area contributed by atoms with E-state index in [0.29, 0.717) is 0 Å². The molecule has 1 aromatic rings. The lowest BCUT2D eigenvalue weighted by Gasteiger charge is -2.14. The molecule has 1 aromatic heterocycles. The van der Waals surface area contributed by atoms with Gasteiger partial charge in [-0.3, -0.25) is 0 Å². The monoisotopic (exact) mass is 261 g/mol. The minimum absolute atomic E-state index is 0.0180. The van der Waals surface area contributed by atoms with Gasteiger partial charge in [-0.1, -0.05) is 0 Å². The number of aromatic nitrogens is 1. The lowest BCUT2D eigenvalue weighted by atomic mass is 10.2. The van der Waals surface area contributed by atoms with Gasteiger partial charge in [0.25, 0.3) is 0 Å². The van der Waals surface area contributed by atoms with Crippen LogP contribution in [0.2, 0.25) is 0 Å². The SMILES string of the molecule is Cc1nc(C(F)(F)F)cc(OC(F)(F)F)c1O. The number of pyridine rings is 1. The van der Waals surface area contributed by atoms with Gasteiger partial charge >= 0.3 is 12.5 Å². The van der Waals surface area contributed by atoms with Crippen molar-refractivity contribution < 1.29 is 36.2 Å². The largest absolute Gasteiger partial charge is 0.573 e. The van der Waals surface area contributed by atoms with Crippen molar-refractivity contribution in [3.05, 3.63) is 17.5 Å². The second-order valence-corrected chi connectivity index (χ2v) is 2.99. The van der Waals surface area contributed by atoms with E-state index in [0.717, 1.165) is 6.92 Å². The van der Waals surface area contributed by atoms with Gasteiger partial charge in [0.05, 0.1) is 5.69 Å². The van der Waals surface area contributed by atoms with Crippen molar-refractivity contribution >= 4 is 0 Å². The van der Waals surface area contributed by atoms with Gasteiger partial charge in [-0.05, 0) is 6.92 Å². The molecule has 1 rings (SSSR count). The Morgan fingerprint density at radius 1 is 1.18 bits per heavy atom. The normalized spacial score (nSPS) is 12.6. The summed E-state index contributed by atoms with van der Waals surface area (Å²) in [6.45, 7) is 0.924. The molecule has 1 N–H and O–H groups in total. The molecule has 17 heavy (non-hydrogen) atoms. The van der Waals surface area contributed by atoms with Crippen molar-refractivity contribution in [1.82, 2.24) is 4.98 Å². The fourth-order valence-corrected chi connectivity index (χ4v) is 0.984. The first kappa shape index (κ1) is 13.4. The van der Waals surface area contributed by atoms with Gasteiger partial charge in [0.1, 0.15) is 5.69 Å². The second-order valence-electron chi connectivity index (χ2n) is 2.99. The molecule has 9 heteroatoms. The molecule has 0 aliphatic heterocycles. The van der Waals surface area contributed by atoms with Crippen LogP contribution in [0.3, 0.4) is 0 Å². The standard InChI is InChI=1S/C8H5F6NO2/c1-3-6(16)4(17-8(12,13)14)2-5(15-3)7(9,10)11/h2,16H,1H3. The number of hydrogen-bond donors (Lipinski definition) is 1. The van der Waals surface area contributed by atoms with Crippen molar-refractivity contribution in [3.63, 3.8) is 0 Å². The lowest BCUT2D eigenvalue weighted by Crippen LogP contribution is -2.18. The minimum Gasteiger partial charge on any atom is -0.503 e. The van der Waals surface area contributed by atoms with E-state index in [1.54, 1.807) is 0 Å². The summed E-state index contributed by atoms with van der Waals surface area (Å²) < 4.78 is 75.5. The van der Waals surface area contributed by atoms with Crippen molar-refractivity contribution in [2.45, 2.75) is 19.5 Å². The highest BCUT2D eigenvalue weighted by Crippen LogP contribution is 2.38. The zero-order valence-corrected chi connectivity index (χ0v) is 8.15. The van der Waals surface area contributed by atoms with E-state index >= 15 is 0 Å². The van der Waals surface area contributed by atoms with Crippen LogP contribution in [0.5, 0.6) is 11.5 Å². The average Bonchev–Trinajstić information content (AvgIpc) is 2.08. The number of halogens is 6. The molecule has 0 saturated heterocycles. The third kappa shape index (κ3) is 3.40. The molecule has 0 unspecified atom stereocenters. The molecule has 0 spiro atoms. The third-order valence-electron chi connectivity index (χ3n) is 1.65. The van der Waals surface area contributed by atoms with Crippen molar-refractivity contribution in [1.29, 1.82) is 0 Å². The maximum atomic E-state index is 12.2. The number of aromatic hydroxyl groups is 1. The highest BCUT2D eigenvalue weighted by molar-refractivity contribution is 5.43. The predicted octanol–water partition coefficient (Wildman–Crippen LogP) is 3.01. The van der Waals surface area contributed by atoms with Crippen LogP contribution in [0, 0.1) is 6.92 Å². The van der Waals surface area contributed by atoms with E-state index in [4.69, 9.17) is 5.11 Å². The average molecular weight is 261 g/mol. The van der Waals surface area contributed by atoms with Gasteiger partial charge in [0.2, 0.25) is 0 Å². The molecule has 0 aliphatic rings. The molecule has 0 fully saturated rings. The van der Waals surface area contributed by atoms with Gasteiger partial charge in [-0.25, -0.2) is 4.98 Å². The summed E-state index contributed by atoms with van der Waals surface area (Å²) in [4.78, 5) is 2.91. The maximum absolute atomic E-state index is 12.2. The highest BCUT2D eigenvalue weighted by Gasteiger charge is 2.37. The maximum Gasteiger partial charge on any atom is 0.573 e. The minimum atomic E-state index is -5.20. The van der Waals surface area contributed by atoms with Crippen LogP contribution < -0.4 is 4.74 Å². The Kier molecular flexibility index (Phi) is 3.13. The van der Waals surface area contributed by atoms with Crippen LogP contribution in [0.25, 0.3) is 0 Å². The van der Waals surface area contributed by atoms with Crippen LogP contribution in [0.4, 0.5) is 26.3 Å². The van der Waals surface area contributed by atoms with E-state index < -0.39 is 35.4 Å². The van der Waals surface area contributed by atoms with E-state index in [1.165, 1.54) is 0 Å². The van der Waals surface area contributed by atoms with E-state index in [2.05, 4.69) is 9.72 Å². The van der Waals surface area contributed by atoms with Gasteiger partial charge in [-0.2, -0.15) is 13.2 Å². The molecule has 0 radical (unpaired) electrons. The van der Waals surface area contributed by atoms with Gasteiger partial charge in [-0.15, -0.1) is 13.2 Å². The van der Waals surface area contributed by atoms with Crippen LogP contribution in [-0.2, 0) is 6.18 Å². The molecule has 0 aliphatic carbocycles. The molecule has 0 bridgehead atoms. The molecule has 0 atom stereocenters. The van der Waals surface area contributed by atoms with Crippen molar-refractivity contribution in [3.8, 4) is 11.5 Å². The molecule has 0 saturated carbocycles. The lowest BCUT2D eigenvalue weighted by molar-refractivity contribution is -0.275. The molecule has 3 nitrogen and oxygen atoms in total. The summed E-state index contributed by atoms with van der Waals surface area (Å²) in [6, 6.07) is -0.0180. The summed E-state index contributed by atoms with van der Waals surface area (Å²) in [5, 5.41) is 9.10. The highest BCUT2D eigenvalue weighted by atomic mass is 19.4. The summed E-state index contributed by atoms with van der Waals surface area (Å²) in [5.41, 5.74) is -2.19. The molecular weight excluding hydrogens is 256 g/mol. The molecule has 0 aromatic carbocycles. The third-order valence-corrected chi connectivity index (χ3v) is 1.65. The Morgan fingerprint density at radius 3 is 2.12 bits per heavy atom. The van der Waals surface area contributed by atoms with Crippen LogP contribution in [0.15, 0.2) is 6.07 Å². The van der Waals surface area contributed by atoms with Gasteiger partial charge in [0.15, 0.2) is 11.5 Å². The fourth-order valence-electron chi connectivity index (χ4n) is 0.984. The molecular formula is C8H5F6NO2. The molecule has 0 amide bonds. The first-order valence-electron chi connectivity index (χ1n) is 4.04. The fraction of sp³-hybridized carbons (Fsp3) is 0.375. The number of alkyl halides is 6. The Bertz CT molecular complexity index is 425. The Balaban J connectivity index is 3.26. The second kappa shape index (κ2) is 3.97. The zero-order valence-electron chi connectivity index (χ0n) is 8.15. The first-order valence-corrected chi connectivity index (χ1v) is 4.04. The number of nitrogens with zero attached hydrogens (tertiary/aromatic N) is 1. The number of hydrogen-bond acceptors (Lipinski definition) is 3. The van der Waals surface area contributed by atoms with Crippen LogP contribution in [-0.4, -0.2) is 16.5 Å². The zero-order chi connectivity index (χ0) is 13.4. The smallest absolute Gasteiger partial charge is 0.503 e. The molecule has 96 valence electrons. The van der Waals surface area contributed by atoms with Crippen molar-refractivity contribution in [2.24, 2.45) is 0 Å². The topological polar surface area (TPSA) is 42.4 Å². The summed E-state index contributed by atoms with van der Waals surface area (Å²) in [5.74, 6) is -2.42. The molecule has 1 heterocycles. The van der Waals surface area contributed by atoms with E-state index in [-0.39, 0.29) is 6.07 Å². The number of aryl methyl sites for hydroxylation is 1. The summed E-state index contributed by atoms with van der Waals surface area (Å²) in [7, 11) is 0. The van der Waals surface area contributed by atoms with Gasteiger partial charge in [0, 0.05) is 6.07 Å². The first-order chi connectivity index (χ1) is 7.50. The number of rotatable bonds is 1. The quantitative estimate of drug-likeness (QED) is 0.790. The summed E-state index contributed by atoms with van der Waals surface area (Å²) in [6.07, 6.45) is -10.1. The summed E-state index contributed by atoms with van der Waals surface area (Å²) >= 11 is 0. The van der Waals surface area contributed by atoms with Crippen LogP contribution >= 0.6 is 0 Å². The van der Waals surface area contributed by atoms with Crippen molar-refractivity contribution in [2.75, 3.05) is 0 Å². The predicted molar refractivity (Wildman–Crippen MR) is 42.3 cm³/mol. The Labute approximate surface area is 90.6 Å². The Hall–Kier alpha value is -1.67. The Morgan fingerprint density at radius 2 is 1.71 bits per heavy atom. The number of ether oxygens (including phenoxy) is 1. The van der Waals surface area contributed by atoms with E-state index in [1.807, 2.05) is 0 Å². The van der Waals surface area contributed by atoms with Gasteiger partial charge < -0.3 is 9.84 Å². The van der Waals surface area contributed by atoms with Crippen LogP contribution in [0.1, 0.15) is 11.4 Å². The van der Waals surface area contributed by atoms with E-state index in [9.17, 15) is 26.3 Å².